The molecule has 3 N–H and O–H groups in total. The van der Waals surface area contributed by atoms with E-state index in [0.29, 0.717) is 10.9 Å². The molecule has 1 aliphatic heterocycles. The van der Waals surface area contributed by atoms with Gasteiger partial charge in [0, 0.05) is 43.8 Å². The SMILES string of the molecule is Cc1ccc(S(=O)(=O)n2ccc3c(CN4CCNC(C)C4)cccc32)cc1.O=C(O)C(F)(F)F.O=C(O)C(F)(F)F. The summed E-state index contributed by atoms with van der Waals surface area (Å²) in [5.41, 5.74) is 2.94. The molecule has 3 aromatic rings. The van der Waals surface area contributed by atoms with Gasteiger partial charge in [-0.25, -0.2) is 22.0 Å². The quantitative estimate of drug-likeness (QED) is 0.374. The molecule has 0 spiro atoms. The van der Waals surface area contributed by atoms with E-state index in [1.54, 1.807) is 18.3 Å². The van der Waals surface area contributed by atoms with Gasteiger partial charge in [0.1, 0.15) is 0 Å². The second-order valence-electron chi connectivity index (χ2n) is 8.98. The third kappa shape index (κ3) is 9.47. The molecule has 1 aromatic heterocycles. The summed E-state index contributed by atoms with van der Waals surface area (Å²) in [6.07, 6.45) is -8.50. The number of benzene rings is 2. The lowest BCUT2D eigenvalue weighted by molar-refractivity contribution is -0.193. The van der Waals surface area contributed by atoms with Crippen LogP contribution in [0.2, 0.25) is 0 Å². The zero-order valence-electron chi connectivity index (χ0n) is 21.7. The van der Waals surface area contributed by atoms with Crippen molar-refractivity contribution >= 4 is 32.9 Å². The van der Waals surface area contributed by atoms with Crippen LogP contribution in [0, 0.1) is 6.92 Å². The van der Waals surface area contributed by atoms with Gasteiger partial charge in [-0.15, -0.1) is 0 Å². The van der Waals surface area contributed by atoms with E-state index in [-0.39, 0.29) is 0 Å². The molecule has 16 heteroatoms. The molecule has 0 saturated carbocycles. The lowest BCUT2D eigenvalue weighted by Crippen LogP contribution is -2.48. The average molecular weight is 612 g/mol. The Hall–Kier alpha value is -3.63. The Morgan fingerprint density at radius 1 is 0.951 bits per heavy atom. The summed E-state index contributed by atoms with van der Waals surface area (Å²) < 4.78 is 91.1. The zero-order chi connectivity index (χ0) is 31.2. The Kier molecular flexibility index (Phi) is 10.9. The molecule has 41 heavy (non-hydrogen) atoms. The molecule has 0 aliphatic carbocycles. The third-order valence-corrected chi connectivity index (χ3v) is 7.40. The van der Waals surface area contributed by atoms with E-state index < -0.39 is 34.3 Å². The van der Waals surface area contributed by atoms with Crippen molar-refractivity contribution in [3.05, 3.63) is 65.9 Å². The van der Waals surface area contributed by atoms with Gasteiger partial charge in [0.05, 0.1) is 10.4 Å². The van der Waals surface area contributed by atoms with E-state index in [1.165, 1.54) is 9.54 Å². The summed E-state index contributed by atoms with van der Waals surface area (Å²) in [7, 11) is -3.60. The van der Waals surface area contributed by atoms with Gasteiger partial charge >= 0.3 is 24.3 Å². The minimum Gasteiger partial charge on any atom is -0.475 e. The van der Waals surface area contributed by atoms with E-state index >= 15 is 0 Å². The van der Waals surface area contributed by atoms with Crippen molar-refractivity contribution in [3.63, 3.8) is 0 Å². The largest absolute Gasteiger partial charge is 0.490 e. The third-order valence-electron chi connectivity index (χ3n) is 5.70. The summed E-state index contributed by atoms with van der Waals surface area (Å²) in [6.45, 7) is 7.96. The lowest BCUT2D eigenvalue weighted by atomic mass is 10.1. The molecule has 4 rings (SSSR count). The average Bonchev–Trinajstić information content (AvgIpc) is 3.30. The molecule has 1 atom stereocenters. The van der Waals surface area contributed by atoms with E-state index in [2.05, 4.69) is 23.2 Å². The lowest BCUT2D eigenvalue weighted by Gasteiger charge is -2.32. The summed E-state index contributed by atoms with van der Waals surface area (Å²) in [5, 5.41) is 18.7. The predicted octanol–water partition coefficient (Wildman–Crippen LogP) is 4.25. The first-order chi connectivity index (χ1) is 18.8. The van der Waals surface area contributed by atoms with Crippen molar-refractivity contribution < 1.29 is 54.6 Å². The van der Waals surface area contributed by atoms with Gasteiger partial charge in [-0.1, -0.05) is 29.8 Å². The Bertz CT molecular complexity index is 1430. The fraction of sp³-hybridized carbons (Fsp3) is 0.360. The Morgan fingerprint density at radius 3 is 1.98 bits per heavy atom. The molecule has 0 amide bonds. The number of hydrogen-bond acceptors (Lipinski definition) is 6. The smallest absolute Gasteiger partial charge is 0.475 e. The second-order valence-corrected chi connectivity index (χ2v) is 10.8. The highest BCUT2D eigenvalue weighted by Gasteiger charge is 2.38. The number of aliphatic carboxylic acids is 2. The summed E-state index contributed by atoms with van der Waals surface area (Å²) in [4.78, 5) is 20.5. The summed E-state index contributed by atoms with van der Waals surface area (Å²) in [6, 6.07) is 15.3. The number of alkyl halides is 6. The van der Waals surface area contributed by atoms with Gasteiger partial charge in [0.15, 0.2) is 0 Å². The number of piperazine rings is 1. The number of carbonyl (C=O) groups is 2. The monoisotopic (exact) mass is 611 g/mol. The van der Waals surface area contributed by atoms with Gasteiger partial charge in [-0.2, -0.15) is 26.3 Å². The van der Waals surface area contributed by atoms with Crippen molar-refractivity contribution in [2.45, 2.75) is 43.7 Å². The van der Waals surface area contributed by atoms with Crippen LogP contribution in [-0.2, 0) is 26.2 Å². The number of fused-ring (bicyclic) bond motifs is 1. The molecule has 9 nitrogen and oxygen atoms in total. The number of nitrogens with zero attached hydrogens (tertiary/aromatic N) is 2. The first kappa shape index (κ1) is 33.6. The highest BCUT2D eigenvalue weighted by molar-refractivity contribution is 7.90. The molecule has 2 heterocycles. The minimum atomic E-state index is -5.08. The molecular formula is C25H27F6N3O6S. The molecule has 1 aliphatic rings. The van der Waals surface area contributed by atoms with E-state index in [4.69, 9.17) is 19.8 Å². The number of rotatable bonds is 4. The molecular weight excluding hydrogens is 584 g/mol. The summed E-state index contributed by atoms with van der Waals surface area (Å²) >= 11 is 0. The normalized spacial score (nSPS) is 16.2. The maximum atomic E-state index is 13.1. The van der Waals surface area contributed by atoms with Gasteiger partial charge in [0.2, 0.25) is 0 Å². The molecule has 1 saturated heterocycles. The molecule has 1 unspecified atom stereocenters. The van der Waals surface area contributed by atoms with Crippen LogP contribution in [0.4, 0.5) is 26.3 Å². The number of aromatic nitrogens is 1. The van der Waals surface area contributed by atoms with Crippen LogP contribution in [-0.4, -0.2) is 77.5 Å². The second kappa shape index (κ2) is 13.4. The van der Waals surface area contributed by atoms with Crippen molar-refractivity contribution in [3.8, 4) is 0 Å². The standard InChI is InChI=1S/C21H25N3O2S.2C2HF3O2/c1-16-6-8-19(9-7-16)27(25,26)24-12-10-20-18(4-3-5-21(20)24)15-23-13-11-22-17(2)14-23;2*3-2(4,5)1(6)7/h3-10,12,17,22H,11,13-15H2,1-2H3;2*(H,6,7). The number of aryl methyl sites for hydroxylation is 1. The fourth-order valence-electron chi connectivity index (χ4n) is 3.77. The Balaban J connectivity index is 0.000000349. The van der Waals surface area contributed by atoms with E-state index in [1.807, 2.05) is 37.3 Å². The maximum absolute atomic E-state index is 13.1. The van der Waals surface area contributed by atoms with Crippen molar-refractivity contribution in [2.24, 2.45) is 0 Å². The van der Waals surface area contributed by atoms with Crippen LogP contribution in [0.3, 0.4) is 0 Å². The topological polar surface area (TPSA) is 129 Å². The van der Waals surface area contributed by atoms with Crippen LogP contribution in [0.25, 0.3) is 10.9 Å². The maximum Gasteiger partial charge on any atom is 0.490 e. The highest BCUT2D eigenvalue weighted by atomic mass is 32.2. The molecule has 1 fully saturated rings. The van der Waals surface area contributed by atoms with Crippen molar-refractivity contribution in [2.75, 3.05) is 19.6 Å². The van der Waals surface area contributed by atoms with Gasteiger partial charge in [-0.3, -0.25) is 4.90 Å². The first-order valence-corrected chi connectivity index (χ1v) is 13.2. The molecule has 0 bridgehead atoms. The predicted molar refractivity (Wildman–Crippen MR) is 136 cm³/mol. The van der Waals surface area contributed by atoms with E-state index in [0.717, 1.165) is 42.6 Å². The highest BCUT2D eigenvalue weighted by Crippen LogP contribution is 2.26. The molecule has 0 radical (unpaired) electrons. The number of carboxylic acid groups (broad SMARTS) is 2. The Morgan fingerprint density at radius 2 is 1.49 bits per heavy atom. The molecule has 2 aromatic carbocycles. The van der Waals surface area contributed by atoms with E-state index in [9.17, 15) is 34.8 Å². The minimum absolute atomic E-state index is 0.312. The van der Waals surface area contributed by atoms with Gasteiger partial charge < -0.3 is 15.5 Å². The number of carboxylic acids is 2. The summed E-state index contributed by atoms with van der Waals surface area (Å²) in [5.74, 6) is -5.51. The van der Waals surface area contributed by atoms with Gasteiger partial charge in [-0.05, 0) is 43.7 Å². The number of halogens is 6. The zero-order valence-corrected chi connectivity index (χ0v) is 22.5. The van der Waals surface area contributed by atoms with Crippen LogP contribution in [0.1, 0.15) is 18.1 Å². The van der Waals surface area contributed by atoms with Crippen LogP contribution in [0.15, 0.2) is 59.6 Å². The van der Waals surface area contributed by atoms with Crippen molar-refractivity contribution in [1.82, 2.24) is 14.2 Å². The fourth-order valence-corrected chi connectivity index (χ4v) is 5.12. The van der Waals surface area contributed by atoms with Crippen LogP contribution in [0.5, 0.6) is 0 Å². The number of hydrogen-bond donors (Lipinski definition) is 3. The van der Waals surface area contributed by atoms with Gasteiger partial charge in [0.25, 0.3) is 10.0 Å². The van der Waals surface area contributed by atoms with Crippen LogP contribution < -0.4 is 5.32 Å². The van der Waals surface area contributed by atoms with Crippen LogP contribution >= 0.6 is 0 Å². The number of nitrogens with one attached hydrogen (secondary N) is 1. The van der Waals surface area contributed by atoms with Crippen molar-refractivity contribution in [1.29, 1.82) is 0 Å². The molecule has 226 valence electrons. The Labute approximate surface area is 231 Å². The first-order valence-electron chi connectivity index (χ1n) is 11.8.